The maximum Gasteiger partial charge on any atom is 0.236 e. The Bertz CT molecular complexity index is 1150. The summed E-state index contributed by atoms with van der Waals surface area (Å²) in [4.78, 5) is 4.32. The Labute approximate surface area is 195 Å². The van der Waals surface area contributed by atoms with Crippen molar-refractivity contribution in [3.8, 4) is 5.75 Å². The third-order valence-corrected chi connectivity index (χ3v) is 6.88. The molecule has 1 aliphatic rings. The fourth-order valence-electron chi connectivity index (χ4n) is 3.59. The van der Waals surface area contributed by atoms with Crippen LogP contribution in [-0.4, -0.2) is 37.5 Å². The van der Waals surface area contributed by atoms with E-state index in [0.29, 0.717) is 18.2 Å². The summed E-state index contributed by atoms with van der Waals surface area (Å²) in [7, 11) is -3.70. The van der Waals surface area contributed by atoms with Gasteiger partial charge in [-0.15, -0.1) is 0 Å². The van der Waals surface area contributed by atoms with Gasteiger partial charge in [0.25, 0.3) is 0 Å². The van der Waals surface area contributed by atoms with E-state index in [0.717, 1.165) is 36.5 Å². The second-order valence-corrected chi connectivity index (χ2v) is 9.85. The Kier molecular flexibility index (Phi) is 7.88. The largest absolute Gasteiger partial charge is 0.493 e. The van der Waals surface area contributed by atoms with E-state index in [4.69, 9.17) is 9.47 Å². The number of ether oxygens (including phenoxy) is 2. The van der Waals surface area contributed by atoms with Gasteiger partial charge in [0.1, 0.15) is 5.75 Å². The first-order valence-electron chi connectivity index (χ1n) is 11.0. The van der Waals surface area contributed by atoms with Crippen LogP contribution in [0.1, 0.15) is 23.2 Å². The Balaban J connectivity index is 1.52. The van der Waals surface area contributed by atoms with E-state index in [1.165, 1.54) is 9.71 Å². The molecule has 7 heteroatoms. The summed E-state index contributed by atoms with van der Waals surface area (Å²) in [5, 5.41) is 1.26. The monoisotopic (exact) mass is 464 g/mol. The van der Waals surface area contributed by atoms with Crippen LogP contribution in [0.4, 0.5) is 0 Å². The van der Waals surface area contributed by atoms with Crippen LogP contribution in [0.25, 0.3) is 6.08 Å². The highest BCUT2D eigenvalue weighted by Crippen LogP contribution is 2.21. The number of benzene rings is 2. The average Bonchev–Trinajstić information content (AvgIpc) is 3.37. The molecule has 33 heavy (non-hydrogen) atoms. The molecule has 0 aliphatic carbocycles. The number of sulfonamides is 1. The van der Waals surface area contributed by atoms with E-state index in [9.17, 15) is 8.42 Å². The fourth-order valence-corrected chi connectivity index (χ4v) is 4.73. The predicted octanol–water partition coefficient (Wildman–Crippen LogP) is 4.50. The lowest BCUT2D eigenvalue weighted by Gasteiger charge is -2.21. The van der Waals surface area contributed by atoms with E-state index in [1.807, 2.05) is 72.8 Å². The highest BCUT2D eigenvalue weighted by Gasteiger charge is 2.21. The number of rotatable bonds is 10. The first-order chi connectivity index (χ1) is 16.1. The number of pyridine rings is 1. The van der Waals surface area contributed by atoms with Crippen molar-refractivity contribution in [2.24, 2.45) is 5.92 Å². The lowest BCUT2D eigenvalue weighted by Crippen LogP contribution is -2.29. The normalized spacial score (nSPS) is 16.5. The van der Waals surface area contributed by atoms with Gasteiger partial charge in [-0.2, -0.15) is 4.31 Å². The predicted molar refractivity (Wildman–Crippen MR) is 129 cm³/mol. The SMILES string of the molecule is O=S(=O)(/C=C/c1ccccc1)N(Cc1cccc(OC[C@@H]2CCOC2)c1)Cc1ccccn1. The lowest BCUT2D eigenvalue weighted by atomic mass is 10.1. The lowest BCUT2D eigenvalue weighted by molar-refractivity contribution is 0.167. The van der Waals surface area contributed by atoms with Crippen LogP contribution < -0.4 is 4.74 Å². The summed E-state index contributed by atoms with van der Waals surface area (Å²) >= 11 is 0. The van der Waals surface area contributed by atoms with E-state index < -0.39 is 10.0 Å². The smallest absolute Gasteiger partial charge is 0.236 e. The molecule has 0 amide bonds. The van der Waals surface area contributed by atoms with Gasteiger partial charge in [0.05, 0.1) is 25.5 Å². The van der Waals surface area contributed by atoms with Crippen LogP contribution in [0, 0.1) is 5.92 Å². The van der Waals surface area contributed by atoms with Crippen molar-refractivity contribution in [2.75, 3.05) is 19.8 Å². The molecule has 2 heterocycles. The van der Waals surface area contributed by atoms with Gasteiger partial charge in [-0.25, -0.2) is 8.42 Å². The zero-order valence-corrected chi connectivity index (χ0v) is 19.2. The summed E-state index contributed by atoms with van der Waals surface area (Å²) < 4.78 is 39.3. The molecular weight excluding hydrogens is 436 g/mol. The van der Waals surface area contributed by atoms with Crippen molar-refractivity contribution in [3.63, 3.8) is 0 Å². The molecule has 6 nitrogen and oxygen atoms in total. The van der Waals surface area contributed by atoms with Crippen LogP contribution in [-0.2, 0) is 27.8 Å². The number of aromatic nitrogens is 1. The Hall–Kier alpha value is -3.00. The van der Waals surface area contributed by atoms with Gasteiger partial charge in [-0.1, -0.05) is 48.5 Å². The van der Waals surface area contributed by atoms with Gasteiger partial charge in [0.2, 0.25) is 10.0 Å². The molecule has 0 saturated carbocycles. The van der Waals surface area contributed by atoms with Gasteiger partial charge >= 0.3 is 0 Å². The molecule has 0 N–H and O–H groups in total. The maximum atomic E-state index is 13.3. The molecule has 3 aromatic rings. The second kappa shape index (κ2) is 11.2. The topological polar surface area (TPSA) is 68.7 Å². The summed E-state index contributed by atoms with van der Waals surface area (Å²) in [5.74, 6) is 1.13. The molecule has 0 unspecified atom stereocenters. The molecular formula is C26H28N2O4S. The third-order valence-electron chi connectivity index (χ3n) is 5.42. The summed E-state index contributed by atoms with van der Waals surface area (Å²) in [6.45, 7) is 2.49. The van der Waals surface area contributed by atoms with Gasteiger partial charge in [0, 0.05) is 30.7 Å². The fraction of sp³-hybridized carbons (Fsp3) is 0.269. The maximum absolute atomic E-state index is 13.3. The quantitative estimate of drug-likeness (QED) is 0.442. The summed E-state index contributed by atoms with van der Waals surface area (Å²) in [5.41, 5.74) is 2.36. The highest BCUT2D eigenvalue weighted by molar-refractivity contribution is 7.92. The molecule has 1 fully saturated rings. The number of hydrogen-bond acceptors (Lipinski definition) is 5. The van der Waals surface area contributed by atoms with Crippen LogP contribution in [0.3, 0.4) is 0 Å². The van der Waals surface area contributed by atoms with Crippen LogP contribution in [0.15, 0.2) is 84.4 Å². The first-order valence-corrected chi connectivity index (χ1v) is 12.5. The molecule has 0 radical (unpaired) electrons. The molecule has 0 bridgehead atoms. The van der Waals surface area contributed by atoms with Gasteiger partial charge in [-0.05, 0) is 47.9 Å². The molecule has 172 valence electrons. The van der Waals surface area contributed by atoms with Gasteiger partial charge in [-0.3, -0.25) is 4.98 Å². The van der Waals surface area contributed by atoms with Crippen molar-refractivity contribution in [3.05, 3.63) is 101 Å². The zero-order chi connectivity index (χ0) is 22.9. The molecule has 0 spiro atoms. The van der Waals surface area contributed by atoms with Gasteiger partial charge in [0.15, 0.2) is 0 Å². The van der Waals surface area contributed by atoms with Gasteiger partial charge < -0.3 is 9.47 Å². The second-order valence-electron chi connectivity index (χ2n) is 8.04. The molecule has 2 aromatic carbocycles. The average molecular weight is 465 g/mol. The van der Waals surface area contributed by atoms with E-state index in [1.54, 1.807) is 12.3 Å². The van der Waals surface area contributed by atoms with E-state index in [2.05, 4.69) is 4.98 Å². The number of nitrogens with zero attached hydrogens (tertiary/aromatic N) is 2. The van der Waals surface area contributed by atoms with Crippen molar-refractivity contribution in [2.45, 2.75) is 19.5 Å². The molecule has 1 aromatic heterocycles. The van der Waals surface area contributed by atoms with Crippen molar-refractivity contribution < 1.29 is 17.9 Å². The molecule has 4 rings (SSSR count). The van der Waals surface area contributed by atoms with Crippen LogP contribution >= 0.6 is 0 Å². The van der Waals surface area contributed by atoms with Crippen LogP contribution in [0.5, 0.6) is 5.75 Å². The number of hydrogen-bond donors (Lipinski definition) is 0. The molecule has 1 aliphatic heterocycles. The van der Waals surface area contributed by atoms with Crippen molar-refractivity contribution in [1.82, 2.24) is 9.29 Å². The van der Waals surface area contributed by atoms with Crippen molar-refractivity contribution >= 4 is 16.1 Å². The highest BCUT2D eigenvalue weighted by atomic mass is 32.2. The Morgan fingerprint density at radius 1 is 1.03 bits per heavy atom. The summed E-state index contributed by atoms with van der Waals surface area (Å²) in [6, 6.07) is 22.5. The minimum absolute atomic E-state index is 0.173. The first kappa shape index (κ1) is 23.2. The third kappa shape index (κ3) is 6.99. The Morgan fingerprint density at radius 2 is 1.88 bits per heavy atom. The standard InChI is InChI=1S/C26H28N2O4S/c29-33(30,16-13-22-7-2-1-3-8-22)28(19-25-10-4-5-14-27-25)18-23-9-6-11-26(17-23)32-21-24-12-15-31-20-24/h1-11,13-14,16-17,24H,12,15,18-21H2/b16-13+/t24-/m1/s1. The van der Waals surface area contributed by atoms with Crippen molar-refractivity contribution in [1.29, 1.82) is 0 Å². The van der Waals surface area contributed by atoms with Crippen LogP contribution in [0.2, 0.25) is 0 Å². The Morgan fingerprint density at radius 3 is 2.64 bits per heavy atom. The minimum Gasteiger partial charge on any atom is -0.493 e. The minimum atomic E-state index is -3.70. The zero-order valence-electron chi connectivity index (χ0n) is 18.4. The molecule has 1 atom stereocenters. The van der Waals surface area contributed by atoms with E-state index in [-0.39, 0.29) is 13.1 Å². The molecule has 1 saturated heterocycles. The summed E-state index contributed by atoms with van der Waals surface area (Å²) in [6.07, 6.45) is 4.29. The van der Waals surface area contributed by atoms with E-state index >= 15 is 0 Å².